The van der Waals surface area contributed by atoms with Gasteiger partial charge in [0.15, 0.2) is 0 Å². The quantitative estimate of drug-likeness (QED) is 0.892. The molecule has 1 amide bonds. The molecule has 1 saturated carbocycles. The smallest absolute Gasteiger partial charge is 0.238 e. The monoisotopic (exact) mass is 250 g/mol. The van der Waals surface area contributed by atoms with Gasteiger partial charge in [0.25, 0.3) is 0 Å². The van der Waals surface area contributed by atoms with Crippen molar-refractivity contribution in [3.05, 3.63) is 21.9 Å². The Kier molecular flexibility index (Phi) is 2.71. The zero-order chi connectivity index (χ0) is 12.0. The predicted molar refractivity (Wildman–Crippen MR) is 68.8 cm³/mol. The van der Waals surface area contributed by atoms with Crippen LogP contribution in [0.5, 0.6) is 0 Å². The van der Waals surface area contributed by atoms with E-state index in [-0.39, 0.29) is 12.1 Å². The third kappa shape index (κ3) is 2.00. The number of rotatable bonds is 3. The second-order valence-electron chi connectivity index (χ2n) is 5.11. The van der Waals surface area contributed by atoms with Gasteiger partial charge in [0.1, 0.15) is 6.17 Å². The second kappa shape index (κ2) is 4.10. The highest BCUT2D eigenvalue weighted by atomic mass is 32.1. The van der Waals surface area contributed by atoms with E-state index in [1.807, 2.05) is 0 Å². The van der Waals surface area contributed by atoms with Crippen LogP contribution in [0.1, 0.15) is 35.7 Å². The first kappa shape index (κ1) is 11.2. The van der Waals surface area contributed by atoms with Crippen LogP contribution in [0, 0.1) is 12.8 Å². The Morgan fingerprint density at radius 2 is 2.24 bits per heavy atom. The summed E-state index contributed by atoms with van der Waals surface area (Å²) in [5.74, 6) is 0.975. The van der Waals surface area contributed by atoms with Gasteiger partial charge in [0.05, 0.1) is 6.54 Å². The van der Waals surface area contributed by atoms with E-state index in [1.54, 1.807) is 11.3 Å². The highest BCUT2D eigenvalue weighted by Gasteiger charge is 2.41. The topological polar surface area (TPSA) is 32.3 Å². The fraction of sp³-hybridized carbons (Fsp3) is 0.615. The minimum atomic E-state index is 0.108. The summed E-state index contributed by atoms with van der Waals surface area (Å²) in [6.07, 6.45) is 2.67. The highest BCUT2D eigenvalue weighted by Crippen LogP contribution is 2.39. The van der Waals surface area contributed by atoms with Crippen molar-refractivity contribution in [3.63, 3.8) is 0 Å². The highest BCUT2D eigenvalue weighted by molar-refractivity contribution is 7.12. The van der Waals surface area contributed by atoms with Gasteiger partial charge in [0, 0.05) is 15.8 Å². The molecular weight excluding hydrogens is 232 g/mol. The van der Waals surface area contributed by atoms with Crippen LogP contribution in [0.3, 0.4) is 0 Å². The Morgan fingerprint density at radius 1 is 1.47 bits per heavy atom. The van der Waals surface area contributed by atoms with Crippen molar-refractivity contribution < 1.29 is 4.79 Å². The van der Waals surface area contributed by atoms with Crippen LogP contribution >= 0.6 is 11.3 Å². The van der Waals surface area contributed by atoms with Crippen LogP contribution in [-0.4, -0.2) is 23.4 Å². The van der Waals surface area contributed by atoms with Crippen molar-refractivity contribution in [2.24, 2.45) is 5.92 Å². The molecule has 1 aromatic rings. The third-order valence-corrected chi connectivity index (χ3v) is 4.84. The molecule has 0 radical (unpaired) electrons. The maximum atomic E-state index is 12.0. The fourth-order valence-corrected chi connectivity index (χ4v) is 3.58. The van der Waals surface area contributed by atoms with Crippen LogP contribution in [0.2, 0.25) is 0 Å². The summed E-state index contributed by atoms with van der Waals surface area (Å²) in [5.41, 5.74) is 0. The van der Waals surface area contributed by atoms with E-state index in [0.29, 0.717) is 12.6 Å². The van der Waals surface area contributed by atoms with Gasteiger partial charge >= 0.3 is 0 Å². The number of aryl methyl sites for hydroxylation is 1. The summed E-state index contributed by atoms with van der Waals surface area (Å²) < 4.78 is 0. The minimum Gasteiger partial charge on any atom is -0.318 e. The zero-order valence-corrected chi connectivity index (χ0v) is 11.1. The molecule has 3 rings (SSSR count). The summed E-state index contributed by atoms with van der Waals surface area (Å²) in [5, 5.41) is 3.34. The molecule has 4 heteroatoms. The molecule has 0 bridgehead atoms. The van der Waals surface area contributed by atoms with Crippen molar-refractivity contribution in [1.29, 1.82) is 0 Å². The number of hydrogen-bond acceptors (Lipinski definition) is 3. The number of nitrogens with zero attached hydrogens (tertiary/aromatic N) is 1. The van der Waals surface area contributed by atoms with Crippen molar-refractivity contribution >= 4 is 17.2 Å². The van der Waals surface area contributed by atoms with Crippen molar-refractivity contribution in [2.45, 2.75) is 38.9 Å². The molecule has 1 aliphatic carbocycles. The van der Waals surface area contributed by atoms with Gasteiger partial charge in [-0.3, -0.25) is 10.1 Å². The van der Waals surface area contributed by atoms with E-state index >= 15 is 0 Å². The normalized spacial score (nSPS) is 26.6. The molecule has 2 unspecified atom stereocenters. The van der Waals surface area contributed by atoms with E-state index < -0.39 is 0 Å². The van der Waals surface area contributed by atoms with E-state index in [2.05, 4.69) is 36.2 Å². The average molecular weight is 250 g/mol. The molecule has 2 atom stereocenters. The molecule has 17 heavy (non-hydrogen) atoms. The maximum absolute atomic E-state index is 12.0. The van der Waals surface area contributed by atoms with Crippen LogP contribution in [0.15, 0.2) is 12.1 Å². The summed E-state index contributed by atoms with van der Waals surface area (Å²) in [7, 11) is 0. The standard InChI is InChI=1S/C13H18N2OS/c1-8-3-6-11(17-8)13-14-7-12(16)15(13)9(2)10-4-5-10/h3,6,9-10,13-14H,4-5,7H2,1-2H3. The first-order valence-corrected chi connectivity index (χ1v) is 7.09. The molecule has 0 aromatic carbocycles. The maximum Gasteiger partial charge on any atom is 0.238 e. The lowest BCUT2D eigenvalue weighted by Crippen LogP contribution is -2.38. The fourth-order valence-electron chi connectivity index (χ4n) is 2.62. The number of thiophene rings is 1. The molecular formula is C13H18N2OS. The zero-order valence-electron chi connectivity index (χ0n) is 10.3. The van der Waals surface area contributed by atoms with Crippen LogP contribution in [-0.2, 0) is 4.79 Å². The van der Waals surface area contributed by atoms with Crippen molar-refractivity contribution in [3.8, 4) is 0 Å². The van der Waals surface area contributed by atoms with Gasteiger partial charge in [-0.25, -0.2) is 0 Å². The van der Waals surface area contributed by atoms with Gasteiger partial charge in [-0.15, -0.1) is 11.3 Å². The Balaban J connectivity index is 1.85. The third-order valence-electron chi connectivity index (χ3n) is 3.79. The van der Waals surface area contributed by atoms with Gasteiger partial charge < -0.3 is 4.90 Å². The van der Waals surface area contributed by atoms with E-state index in [0.717, 1.165) is 5.92 Å². The Hall–Kier alpha value is -0.870. The van der Waals surface area contributed by atoms with Crippen molar-refractivity contribution in [2.75, 3.05) is 6.54 Å². The number of carbonyl (C=O) groups is 1. The first-order valence-electron chi connectivity index (χ1n) is 6.27. The van der Waals surface area contributed by atoms with Crippen LogP contribution < -0.4 is 5.32 Å². The average Bonchev–Trinajstić information content (AvgIpc) is 2.96. The molecule has 2 heterocycles. The first-order chi connectivity index (χ1) is 8.16. The largest absolute Gasteiger partial charge is 0.318 e. The van der Waals surface area contributed by atoms with Crippen molar-refractivity contribution in [1.82, 2.24) is 10.2 Å². The summed E-state index contributed by atoms with van der Waals surface area (Å²) in [4.78, 5) is 16.6. The van der Waals surface area contributed by atoms with E-state index in [1.165, 1.54) is 22.6 Å². The lowest BCUT2D eigenvalue weighted by molar-refractivity contribution is -0.130. The van der Waals surface area contributed by atoms with Crippen LogP contribution in [0.25, 0.3) is 0 Å². The molecule has 92 valence electrons. The van der Waals surface area contributed by atoms with Gasteiger partial charge in [0.2, 0.25) is 5.91 Å². The number of nitrogens with one attached hydrogen (secondary N) is 1. The summed E-state index contributed by atoms with van der Waals surface area (Å²) in [6, 6.07) is 4.65. The number of amides is 1. The summed E-state index contributed by atoms with van der Waals surface area (Å²) >= 11 is 1.78. The number of hydrogen-bond donors (Lipinski definition) is 1. The Morgan fingerprint density at radius 3 is 2.82 bits per heavy atom. The molecule has 1 N–H and O–H groups in total. The van der Waals surface area contributed by atoms with E-state index in [9.17, 15) is 4.79 Å². The SMILES string of the molecule is Cc1ccc(C2NCC(=O)N2C(C)C2CC2)s1. The Labute approximate surface area is 106 Å². The van der Waals surface area contributed by atoms with Gasteiger partial charge in [-0.2, -0.15) is 0 Å². The number of carbonyl (C=O) groups excluding carboxylic acids is 1. The molecule has 0 spiro atoms. The van der Waals surface area contributed by atoms with Gasteiger partial charge in [-0.1, -0.05) is 0 Å². The van der Waals surface area contributed by atoms with E-state index in [4.69, 9.17) is 0 Å². The van der Waals surface area contributed by atoms with Gasteiger partial charge in [-0.05, 0) is 44.7 Å². The predicted octanol–water partition coefficient (Wildman–Crippen LogP) is 2.29. The second-order valence-corrected chi connectivity index (χ2v) is 6.43. The molecule has 3 nitrogen and oxygen atoms in total. The molecule has 2 aliphatic rings. The summed E-state index contributed by atoms with van der Waals surface area (Å²) in [6.45, 7) is 4.79. The Bertz CT molecular complexity index is 438. The lowest BCUT2D eigenvalue weighted by atomic mass is 10.1. The molecule has 1 aliphatic heterocycles. The van der Waals surface area contributed by atoms with Crippen LogP contribution in [0.4, 0.5) is 0 Å². The lowest BCUT2D eigenvalue weighted by Gasteiger charge is -2.30. The molecule has 2 fully saturated rings. The minimum absolute atomic E-state index is 0.108. The molecule has 1 saturated heterocycles. The molecule has 1 aromatic heterocycles.